The van der Waals surface area contributed by atoms with Gasteiger partial charge in [0, 0.05) is 69.1 Å². The molecule has 15 atom stereocenters. The van der Waals surface area contributed by atoms with Crippen LogP contribution in [0.5, 0.6) is 0 Å². The van der Waals surface area contributed by atoms with E-state index in [1.807, 2.05) is 119 Å². The molecule has 2 aromatic carbocycles. The molecule has 1 aliphatic carbocycles. The maximum absolute atomic E-state index is 15.0. The van der Waals surface area contributed by atoms with E-state index in [1.165, 1.54) is 12.0 Å². The normalized spacial score (nSPS) is 35.5. The van der Waals surface area contributed by atoms with Crippen molar-refractivity contribution in [3.8, 4) is 0 Å². The molecule has 0 radical (unpaired) electrons. The molecule has 1 amide bonds. The second kappa shape index (κ2) is 29.3. The number of piperidine rings is 1. The third-order valence-corrected chi connectivity index (χ3v) is 19.5. The van der Waals surface area contributed by atoms with E-state index in [4.69, 9.17) is 28.2 Å². The number of carbonyl (C=O) groups excluding carboxylic acids is 5. The first-order valence-corrected chi connectivity index (χ1v) is 30.2. The number of amides is 1. The minimum absolute atomic E-state index is 0.000329. The van der Waals surface area contributed by atoms with Gasteiger partial charge < -0.3 is 43.3 Å². The molecule has 0 aromatic heterocycles. The lowest BCUT2D eigenvalue weighted by molar-refractivity contribution is -0.265. The zero-order valence-electron chi connectivity index (χ0n) is 48.2. The predicted octanol–water partition coefficient (Wildman–Crippen LogP) is 9.13. The van der Waals surface area contributed by atoms with Gasteiger partial charge in [-0.1, -0.05) is 107 Å². The molecule has 2 N–H and O–H groups in total. The Bertz CT molecular complexity index is 2500. The number of nitrogens with zero attached hydrogens (tertiary/aromatic N) is 1. The number of cyclic esters (lactones) is 1. The molecule has 6 rings (SSSR count). The maximum Gasteiger partial charge on any atom is 0.329 e. The Balaban J connectivity index is 1.29. The van der Waals surface area contributed by atoms with Gasteiger partial charge in [0.05, 0.1) is 24.4 Å². The second-order valence-corrected chi connectivity index (χ2v) is 25.2. The highest BCUT2D eigenvalue weighted by Crippen LogP contribution is 2.49. The SMILES string of the molecule is CO[C@H]1C[C@@H]2CC[C@@H](C)[C@@](O)(O2)C(=O)C(=O)N2CCCC[C@H]2C(=O)O[C@H]([C@H](C)C[C@@H]2CC[C@@H](OP(=O)(c3ccccc3)c3ccccc3)[C@H](OC)C2)CC(=O)[C@H](C)/C=C(\C)[C@@H](O)[C@@H](OC)C(=O)[C@H](C)C[C@H](C)/C=C/C=C/C=C/1C. The Morgan fingerprint density at radius 2 is 1.44 bits per heavy atom. The molecule has 1 saturated carbocycles. The molecular weight excluding hydrogens is 1030 g/mol. The van der Waals surface area contributed by atoms with Crippen LogP contribution >= 0.6 is 7.37 Å². The fourth-order valence-corrected chi connectivity index (χ4v) is 14.2. The van der Waals surface area contributed by atoms with Crippen LogP contribution < -0.4 is 10.6 Å². The van der Waals surface area contributed by atoms with Crippen molar-refractivity contribution in [1.82, 2.24) is 4.90 Å². The van der Waals surface area contributed by atoms with Crippen LogP contribution in [-0.2, 0) is 56.7 Å². The summed E-state index contributed by atoms with van der Waals surface area (Å²) >= 11 is 0. The Labute approximate surface area is 469 Å². The van der Waals surface area contributed by atoms with Crippen LogP contribution in [0.3, 0.4) is 0 Å². The van der Waals surface area contributed by atoms with Gasteiger partial charge in [-0.05, 0) is 131 Å². The van der Waals surface area contributed by atoms with Crippen molar-refractivity contribution < 1.29 is 67.0 Å². The van der Waals surface area contributed by atoms with E-state index in [-0.39, 0.29) is 42.8 Å². The molecule has 0 spiro atoms. The summed E-state index contributed by atoms with van der Waals surface area (Å²) < 4.78 is 51.9. The maximum atomic E-state index is 15.0. The number of carbonyl (C=O) groups is 5. The predicted molar refractivity (Wildman–Crippen MR) is 304 cm³/mol. The molecular formula is C63H88NO14P. The minimum Gasteiger partial charge on any atom is -0.460 e. The van der Waals surface area contributed by atoms with Crippen LogP contribution in [0.2, 0.25) is 0 Å². The topological polar surface area (TPSA) is 201 Å². The van der Waals surface area contributed by atoms with Gasteiger partial charge in [-0.2, -0.15) is 0 Å². The van der Waals surface area contributed by atoms with Gasteiger partial charge in [0.25, 0.3) is 19.1 Å². The number of ether oxygens (including phenoxy) is 5. The molecule has 15 nitrogen and oxygen atoms in total. The Kier molecular flexibility index (Phi) is 23.6. The number of methoxy groups -OCH3 is 3. The van der Waals surface area contributed by atoms with Gasteiger partial charge in [0.15, 0.2) is 5.78 Å². The number of fused-ring (bicyclic) bond motifs is 3. The summed E-state index contributed by atoms with van der Waals surface area (Å²) in [6, 6.07) is 17.2. The van der Waals surface area contributed by atoms with Gasteiger partial charge in [0.2, 0.25) is 5.79 Å². The molecule has 2 aromatic rings. The fourth-order valence-electron chi connectivity index (χ4n) is 11.9. The van der Waals surface area contributed by atoms with Crippen molar-refractivity contribution in [2.75, 3.05) is 27.9 Å². The van der Waals surface area contributed by atoms with Crippen LogP contribution in [-0.4, -0.2) is 127 Å². The van der Waals surface area contributed by atoms with Crippen molar-refractivity contribution in [3.63, 3.8) is 0 Å². The minimum atomic E-state index is -3.55. The molecule has 0 unspecified atom stereocenters. The third kappa shape index (κ3) is 16.1. The first kappa shape index (κ1) is 63.5. The number of aliphatic hydroxyl groups is 2. The fraction of sp³-hybridized carbons (Fsp3) is 0.603. The zero-order chi connectivity index (χ0) is 57.6. The van der Waals surface area contributed by atoms with E-state index >= 15 is 0 Å². The number of hydrogen-bond donors (Lipinski definition) is 2. The Morgan fingerprint density at radius 3 is 2.08 bits per heavy atom. The average Bonchev–Trinajstić information content (AvgIpc) is 3.46. The highest BCUT2D eigenvalue weighted by Gasteiger charge is 2.53. The number of allylic oxidation sites excluding steroid dienone is 6. The van der Waals surface area contributed by atoms with E-state index in [1.54, 1.807) is 41.1 Å². The molecule has 3 aliphatic heterocycles. The van der Waals surface area contributed by atoms with Crippen LogP contribution in [0.25, 0.3) is 0 Å². The van der Waals surface area contributed by atoms with E-state index in [9.17, 15) is 38.8 Å². The van der Waals surface area contributed by atoms with Crippen molar-refractivity contribution >= 4 is 47.2 Å². The van der Waals surface area contributed by atoms with Gasteiger partial charge in [-0.15, -0.1) is 0 Å². The molecule has 16 heteroatoms. The lowest BCUT2D eigenvalue weighted by atomic mass is 9.78. The molecule has 3 fully saturated rings. The monoisotopic (exact) mass is 1110 g/mol. The number of rotatable bonds is 10. The molecule has 4 aliphatic rings. The van der Waals surface area contributed by atoms with E-state index in [0.29, 0.717) is 80.4 Å². The highest BCUT2D eigenvalue weighted by atomic mass is 31.2. The Hall–Kier alpha value is -4.70. The number of benzene rings is 2. The van der Waals surface area contributed by atoms with Gasteiger partial charge in [-0.25, -0.2) is 4.79 Å². The largest absolute Gasteiger partial charge is 0.460 e. The van der Waals surface area contributed by atoms with Crippen molar-refractivity contribution in [2.24, 2.45) is 35.5 Å². The molecule has 2 bridgehead atoms. The number of ketones is 3. The second-order valence-electron chi connectivity index (χ2n) is 22.9. The Morgan fingerprint density at radius 1 is 0.772 bits per heavy atom. The van der Waals surface area contributed by atoms with Crippen LogP contribution in [0.1, 0.15) is 126 Å². The summed E-state index contributed by atoms with van der Waals surface area (Å²) in [4.78, 5) is 73.1. The first-order chi connectivity index (χ1) is 37.6. The summed E-state index contributed by atoms with van der Waals surface area (Å²) in [6.07, 6.45) is 10.6. The number of aliphatic hydroxyl groups excluding tert-OH is 1. The van der Waals surface area contributed by atoms with Crippen LogP contribution in [0.4, 0.5) is 0 Å². The van der Waals surface area contributed by atoms with Crippen LogP contribution in [0.15, 0.2) is 108 Å². The van der Waals surface area contributed by atoms with Crippen molar-refractivity contribution in [2.45, 2.75) is 180 Å². The number of Topliss-reactive ketones (excluding diaryl/α,β-unsaturated/α-hetero) is 3. The smallest absolute Gasteiger partial charge is 0.329 e. The van der Waals surface area contributed by atoms with E-state index < -0.39 is 103 Å². The molecule has 79 heavy (non-hydrogen) atoms. The van der Waals surface area contributed by atoms with E-state index in [2.05, 4.69) is 0 Å². The standard InChI is InChI=1S/C63H88NO14P/c1-40-22-14-11-15-23-41(2)54(73-8)38-48-31-29-46(7)63(71,77-48)60(68)61(69)64-33-21-20-28-51(64)62(70)76-55(39-52(65)42(3)35-45(6)58(67)59(75-10)57(66)44(5)34-40)43(4)36-47-30-32-53(56(37-47)74-9)78-79(72,49-24-16-12-17-25-49)50-26-18-13-19-27-50/h11-19,22-27,35,40,42-44,46-48,51,53-56,58-59,67,71H,20-21,28-34,36-39H2,1-10H3/b15-11+,22-14+,41-23+,45-35+/t40-,42-,43-,44-,46-,47+,48+,51+,53-,54+,55+,56-,58-,59+,63-/m1/s1. The molecule has 2 saturated heterocycles. The van der Waals surface area contributed by atoms with Crippen molar-refractivity contribution in [3.05, 3.63) is 108 Å². The van der Waals surface area contributed by atoms with Gasteiger partial charge in [0.1, 0.15) is 30.1 Å². The lowest BCUT2D eigenvalue weighted by Crippen LogP contribution is -2.61. The summed E-state index contributed by atoms with van der Waals surface area (Å²) in [7, 11) is 1.02. The van der Waals surface area contributed by atoms with Gasteiger partial charge >= 0.3 is 5.97 Å². The zero-order valence-corrected chi connectivity index (χ0v) is 49.1. The highest BCUT2D eigenvalue weighted by molar-refractivity contribution is 7.74. The van der Waals surface area contributed by atoms with E-state index in [0.717, 1.165) is 5.57 Å². The average molecular weight is 1110 g/mol. The summed E-state index contributed by atoms with van der Waals surface area (Å²) in [5, 5.41) is 24.8. The van der Waals surface area contributed by atoms with Crippen LogP contribution in [0, 0.1) is 35.5 Å². The molecule has 434 valence electrons. The summed E-state index contributed by atoms with van der Waals surface area (Å²) in [6.45, 7) is 12.7. The number of esters is 1. The number of hydrogen-bond acceptors (Lipinski definition) is 14. The van der Waals surface area contributed by atoms with Gasteiger partial charge in [-0.3, -0.25) is 23.7 Å². The van der Waals surface area contributed by atoms with Crippen molar-refractivity contribution in [1.29, 1.82) is 0 Å². The first-order valence-electron chi connectivity index (χ1n) is 28.5. The summed E-state index contributed by atoms with van der Waals surface area (Å²) in [5.74, 6) is -8.37. The summed E-state index contributed by atoms with van der Waals surface area (Å²) in [5.41, 5.74) is 1.24. The third-order valence-electron chi connectivity index (χ3n) is 16.9. The lowest BCUT2D eigenvalue weighted by Gasteiger charge is -2.42. The molecule has 3 heterocycles. The quantitative estimate of drug-likeness (QED) is 0.0987.